The number of nitrogens with zero attached hydrogens (tertiary/aromatic N) is 3. The summed E-state index contributed by atoms with van der Waals surface area (Å²) in [6, 6.07) is 2.11. The molecule has 23 heavy (non-hydrogen) atoms. The largest absolute Gasteiger partial charge is 0.379 e. The number of aryl methyl sites for hydroxylation is 1. The van der Waals surface area contributed by atoms with Gasteiger partial charge in [-0.25, -0.2) is 0 Å². The van der Waals surface area contributed by atoms with E-state index in [1.165, 1.54) is 0 Å². The van der Waals surface area contributed by atoms with Crippen molar-refractivity contribution < 1.29 is 14.3 Å². The fourth-order valence-corrected chi connectivity index (χ4v) is 1.86. The van der Waals surface area contributed by atoms with E-state index in [1.807, 2.05) is 0 Å². The Labute approximate surface area is 137 Å². The number of amides is 1. The summed E-state index contributed by atoms with van der Waals surface area (Å²) in [7, 11) is 0. The molecule has 128 valence electrons. The van der Waals surface area contributed by atoms with E-state index < -0.39 is 0 Å². The van der Waals surface area contributed by atoms with Crippen molar-refractivity contribution in [1.29, 1.82) is 5.26 Å². The van der Waals surface area contributed by atoms with Gasteiger partial charge in [-0.2, -0.15) is 10.4 Å². The second-order valence-electron chi connectivity index (χ2n) is 5.17. The van der Waals surface area contributed by atoms with Gasteiger partial charge in [-0.15, -0.1) is 0 Å². The molecule has 0 fully saturated rings. The van der Waals surface area contributed by atoms with E-state index in [-0.39, 0.29) is 12.5 Å². The fourth-order valence-electron chi connectivity index (χ4n) is 1.86. The van der Waals surface area contributed by atoms with Crippen molar-refractivity contribution in [3.05, 3.63) is 12.4 Å². The van der Waals surface area contributed by atoms with Gasteiger partial charge in [0.15, 0.2) is 0 Å². The molecule has 7 nitrogen and oxygen atoms in total. The van der Waals surface area contributed by atoms with Crippen LogP contribution in [-0.4, -0.2) is 42.1 Å². The zero-order chi connectivity index (χ0) is 16.8. The Hall–Kier alpha value is -1.91. The second kappa shape index (κ2) is 12.6. The third kappa shape index (κ3) is 9.66. The zero-order valence-corrected chi connectivity index (χ0v) is 13.8. The monoisotopic (exact) mass is 322 g/mol. The Morgan fingerprint density at radius 1 is 1.30 bits per heavy atom. The van der Waals surface area contributed by atoms with E-state index in [0.717, 1.165) is 38.8 Å². The van der Waals surface area contributed by atoms with Gasteiger partial charge in [0.25, 0.3) is 0 Å². The first-order valence-corrected chi connectivity index (χ1v) is 8.11. The number of hydrogen-bond acceptors (Lipinski definition) is 5. The minimum Gasteiger partial charge on any atom is -0.379 e. The van der Waals surface area contributed by atoms with Crippen LogP contribution in [0, 0.1) is 11.3 Å². The fraction of sp³-hybridized carbons (Fsp3) is 0.688. The molecule has 1 heterocycles. The molecular weight excluding hydrogens is 296 g/mol. The number of ether oxygens (including phenoxy) is 2. The average molecular weight is 322 g/mol. The SMILES string of the molecule is CCCCOCCOCC(=O)Nc1cnn(CCCCC#N)c1. The number of carbonyl (C=O) groups excluding carboxylic acids is 1. The summed E-state index contributed by atoms with van der Waals surface area (Å²) in [6.07, 6.45) is 7.84. The molecule has 0 aliphatic rings. The number of rotatable bonds is 13. The Balaban J connectivity index is 2.10. The molecule has 0 aliphatic carbocycles. The van der Waals surface area contributed by atoms with Gasteiger partial charge < -0.3 is 14.8 Å². The zero-order valence-electron chi connectivity index (χ0n) is 13.8. The number of hydrogen-bond donors (Lipinski definition) is 1. The smallest absolute Gasteiger partial charge is 0.250 e. The van der Waals surface area contributed by atoms with Crippen LogP contribution in [0.25, 0.3) is 0 Å². The van der Waals surface area contributed by atoms with Crippen LogP contribution >= 0.6 is 0 Å². The van der Waals surface area contributed by atoms with Crippen LogP contribution in [0.1, 0.15) is 39.0 Å². The highest BCUT2D eigenvalue weighted by Crippen LogP contribution is 2.06. The van der Waals surface area contributed by atoms with E-state index >= 15 is 0 Å². The van der Waals surface area contributed by atoms with E-state index in [0.29, 0.717) is 25.3 Å². The molecule has 0 aliphatic heterocycles. The highest BCUT2D eigenvalue weighted by atomic mass is 16.5. The molecule has 1 aromatic heterocycles. The summed E-state index contributed by atoms with van der Waals surface area (Å²) < 4.78 is 12.4. The molecule has 7 heteroatoms. The van der Waals surface area contributed by atoms with Gasteiger partial charge in [0.1, 0.15) is 6.61 Å². The quantitative estimate of drug-likeness (QED) is 0.563. The minimum absolute atomic E-state index is 0.00445. The van der Waals surface area contributed by atoms with Crippen molar-refractivity contribution in [2.24, 2.45) is 0 Å². The third-order valence-corrected chi connectivity index (χ3v) is 3.09. The number of aromatic nitrogens is 2. The molecule has 0 bridgehead atoms. The molecule has 0 unspecified atom stereocenters. The number of carbonyl (C=O) groups is 1. The van der Waals surface area contributed by atoms with Crippen LogP contribution in [0.4, 0.5) is 5.69 Å². The van der Waals surface area contributed by atoms with E-state index in [4.69, 9.17) is 14.7 Å². The Kier molecular flexibility index (Phi) is 10.5. The van der Waals surface area contributed by atoms with E-state index in [2.05, 4.69) is 23.4 Å². The lowest BCUT2D eigenvalue weighted by Gasteiger charge is -2.05. The number of anilines is 1. The molecule has 0 atom stereocenters. The maximum absolute atomic E-state index is 11.7. The first-order valence-electron chi connectivity index (χ1n) is 8.11. The highest BCUT2D eigenvalue weighted by Gasteiger charge is 2.05. The Morgan fingerprint density at radius 3 is 2.91 bits per heavy atom. The lowest BCUT2D eigenvalue weighted by atomic mass is 10.2. The number of unbranched alkanes of at least 4 members (excludes halogenated alkanes) is 3. The maximum Gasteiger partial charge on any atom is 0.250 e. The van der Waals surface area contributed by atoms with Crippen LogP contribution in [0.15, 0.2) is 12.4 Å². The van der Waals surface area contributed by atoms with Crippen LogP contribution in [-0.2, 0) is 20.8 Å². The van der Waals surface area contributed by atoms with Gasteiger partial charge in [0.2, 0.25) is 5.91 Å². The van der Waals surface area contributed by atoms with Crippen molar-refractivity contribution in [2.45, 2.75) is 45.6 Å². The van der Waals surface area contributed by atoms with Gasteiger partial charge >= 0.3 is 0 Å². The normalized spacial score (nSPS) is 10.4. The van der Waals surface area contributed by atoms with Crippen LogP contribution in [0.5, 0.6) is 0 Å². The maximum atomic E-state index is 11.7. The van der Waals surface area contributed by atoms with E-state index in [9.17, 15) is 4.79 Å². The van der Waals surface area contributed by atoms with Crippen LogP contribution < -0.4 is 5.32 Å². The molecule has 0 saturated heterocycles. The lowest BCUT2D eigenvalue weighted by Crippen LogP contribution is -2.19. The van der Waals surface area contributed by atoms with Gasteiger partial charge in [-0.3, -0.25) is 9.48 Å². The molecule has 0 radical (unpaired) electrons. The summed E-state index contributed by atoms with van der Waals surface area (Å²) in [4.78, 5) is 11.7. The Morgan fingerprint density at radius 2 is 2.13 bits per heavy atom. The average Bonchev–Trinajstić information content (AvgIpc) is 2.98. The third-order valence-electron chi connectivity index (χ3n) is 3.09. The topological polar surface area (TPSA) is 89.2 Å². The minimum atomic E-state index is -0.206. The standard InChI is InChI=1S/C16H26N4O3/c1-2-3-9-22-10-11-23-14-16(21)19-15-12-18-20(13-15)8-6-4-5-7-17/h12-13H,2-6,8-11,14H2,1H3,(H,19,21). The van der Waals surface area contributed by atoms with Crippen LogP contribution in [0.3, 0.4) is 0 Å². The highest BCUT2D eigenvalue weighted by molar-refractivity contribution is 5.91. The molecule has 1 aromatic rings. The first-order chi connectivity index (χ1) is 11.3. The number of nitriles is 1. The first kappa shape index (κ1) is 19.1. The second-order valence-corrected chi connectivity index (χ2v) is 5.17. The van der Waals surface area contributed by atoms with Crippen molar-refractivity contribution in [2.75, 3.05) is 31.7 Å². The molecular formula is C16H26N4O3. The van der Waals surface area contributed by atoms with Crippen molar-refractivity contribution in [3.8, 4) is 6.07 Å². The van der Waals surface area contributed by atoms with Crippen molar-refractivity contribution in [3.63, 3.8) is 0 Å². The predicted octanol–water partition coefficient (Wildman–Crippen LogP) is 2.35. The summed E-state index contributed by atoms with van der Waals surface area (Å²) >= 11 is 0. The summed E-state index contributed by atoms with van der Waals surface area (Å²) in [5.74, 6) is -0.206. The molecule has 0 saturated carbocycles. The van der Waals surface area contributed by atoms with E-state index in [1.54, 1.807) is 17.1 Å². The molecule has 0 aromatic carbocycles. The predicted molar refractivity (Wildman–Crippen MR) is 86.9 cm³/mol. The Bertz CT molecular complexity index is 482. The number of nitrogens with one attached hydrogen (secondary N) is 1. The van der Waals surface area contributed by atoms with Crippen molar-refractivity contribution >= 4 is 11.6 Å². The van der Waals surface area contributed by atoms with Crippen LogP contribution in [0.2, 0.25) is 0 Å². The molecule has 0 spiro atoms. The van der Waals surface area contributed by atoms with Gasteiger partial charge in [-0.05, 0) is 19.3 Å². The van der Waals surface area contributed by atoms with Crippen molar-refractivity contribution in [1.82, 2.24) is 9.78 Å². The summed E-state index contributed by atoms with van der Waals surface area (Å²) in [5.41, 5.74) is 0.651. The summed E-state index contributed by atoms with van der Waals surface area (Å²) in [6.45, 7) is 4.51. The molecule has 1 N–H and O–H groups in total. The molecule has 1 amide bonds. The summed E-state index contributed by atoms with van der Waals surface area (Å²) in [5, 5.41) is 15.4. The van der Waals surface area contributed by atoms with Gasteiger partial charge in [0, 0.05) is 25.8 Å². The van der Waals surface area contributed by atoms with Gasteiger partial charge in [0.05, 0.1) is 31.2 Å². The van der Waals surface area contributed by atoms with Gasteiger partial charge in [-0.1, -0.05) is 13.3 Å². The lowest BCUT2D eigenvalue weighted by molar-refractivity contribution is -0.121. The molecule has 1 rings (SSSR count).